The van der Waals surface area contributed by atoms with Crippen molar-refractivity contribution in [3.05, 3.63) is 68.7 Å². The van der Waals surface area contributed by atoms with Crippen LogP contribution in [0.15, 0.2) is 46.9 Å². The highest BCUT2D eigenvalue weighted by atomic mass is 79.9. The molecule has 2 N–H and O–H groups in total. The summed E-state index contributed by atoms with van der Waals surface area (Å²) in [5.74, 6) is 0. The van der Waals surface area contributed by atoms with Gasteiger partial charge in [-0.1, -0.05) is 51.8 Å². The van der Waals surface area contributed by atoms with Gasteiger partial charge in [-0.2, -0.15) is 0 Å². The van der Waals surface area contributed by atoms with Crippen LogP contribution in [0.25, 0.3) is 0 Å². The summed E-state index contributed by atoms with van der Waals surface area (Å²) in [5.41, 5.74) is 9.75. The lowest BCUT2D eigenvalue weighted by Crippen LogP contribution is -2.13. The molecule has 0 spiro atoms. The van der Waals surface area contributed by atoms with Crippen molar-refractivity contribution in [2.75, 3.05) is 0 Å². The SMILES string of the molecule is Cc1cc(C(N)Cc2cccc(Cl)c2)ccc1Br. The van der Waals surface area contributed by atoms with Crippen LogP contribution in [-0.2, 0) is 6.42 Å². The van der Waals surface area contributed by atoms with Gasteiger partial charge in [-0.05, 0) is 48.2 Å². The molecule has 0 aliphatic carbocycles. The highest BCUT2D eigenvalue weighted by Gasteiger charge is 2.08. The highest BCUT2D eigenvalue weighted by Crippen LogP contribution is 2.23. The molecule has 3 heteroatoms. The topological polar surface area (TPSA) is 26.0 Å². The Bertz CT molecular complexity index is 554. The number of benzene rings is 2. The molecular formula is C15H15BrClN. The van der Waals surface area contributed by atoms with E-state index in [1.165, 1.54) is 5.56 Å². The van der Waals surface area contributed by atoms with Gasteiger partial charge in [0.2, 0.25) is 0 Å². The maximum Gasteiger partial charge on any atom is 0.0408 e. The number of hydrogen-bond acceptors (Lipinski definition) is 1. The van der Waals surface area contributed by atoms with Gasteiger partial charge in [-0.3, -0.25) is 0 Å². The molecule has 0 radical (unpaired) electrons. The van der Waals surface area contributed by atoms with Gasteiger partial charge < -0.3 is 5.73 Å². The van der Waals surface area contributed by atoms with Crippen LogP contribution in [-0.4, -0.2) is 0 Å². The maximum atomic E-state index is 6.24. The Hall–Kier alpha value is -0.830. The molecule has 0 bridgehead atoms. The Morgan fingerprint density at radius 2 is 2.00 bits per heavy atom. The van der Waals surface area contributed by atoms with Gasteiger partial charge in [-0.15, -0.1) is 0 Å². The molecule has 0 saturated carbocycles. The molecule has 1 unspecified atom stereocenters. The van der Waals surface area contributed by atoms with Crippen molar-refractivity contribution in [3.63, 3.8) is 0 Å². The van der Waals surface area contributed by atoms with E-state index in [4.69, 9.17) is 17.3 Å². The molecule has 0 heterocycles. The summed E-state index contributed by atoms with van der Waals surface area (Å²) in [4.78, 5) is 0. The molecule has 0 saturated heterocycles. The summed E-state index contributed by atoms with van der Waals surface area (Å²) < 4.78 is 1.11. The molecule has 0 amide bonds. The smallest absolute Gasteiger partial charge is 0.0408 e. The molecule has 1 nitrogen and oxygen atoms in total. The number of nitrogens with two attached hydrogens (primary N) is 1. The van der Waals surface area contributed by atoms with E-state index in [1.54, 1.807) is 0 Å². The van der Waals surface area contributed by atoms with Gasteiger partial charge in [0.25, 0.3) is 0 Å². The van der Waals surface area contributed by atoms with Crippen molar-refractivity contribution in [1.82, 2.24) is 0 Å². The molecule has 94 valence electrons. The second-order valence-electron chi connectivity index (χ2n) is 4.45. The number of aryl methyl sites for hydroxylation is 1. The van der Waals surface area contributed by atoms with Crippen molar-refractivity contribution in [1.29, 1.82) is 0 Å². The number of rotatable bonds is 3. The minimum absolute atomic E-state index is 0.00438. The Balaban J connectivity index is 2.16. The van der Waals surface area contributed by atoms with Gasteiger partial charge >= 0.3 is 0 Å². The quantitative estimate of drug-likeness (QED) is 0.873. The molecule has 0 aliphatic heterocycles. The fourth-order valence-electron chi connectivity index (χ4n) is 1.93. The lowest BCUT2D eigenvalue weighted by molar-refractivity contribution is 0.721. The molecule has 1 atom stereocenters. The Labute approximate surface area is 121 Å². The van der Waals surface area contributed by atoms with Gasteiger partial charge in [0, 0.05) is 15.5 Å². The normalized spacial score (nSPS) is 12.4. The first-order chi connectivity index (χ1) is 8.56. The second-order valence-corrected chi connectivity index (χ2v) is 5.74. The summed E-state index contributed by atoms with van der Waals surface area (Å²) in [7, 11) is 0. The first-order valence-corrected chi connectivity index (χ1v) is 6.99. The zero-order valence-corrected chi connectivity index (χ0v) is 12.5. The van der Waals surface area contributed by atoms with E-state index in [9.17, 15) is 0 Å². The van der Waals surface area contributed by atoms with E-state index in [-0.39, 0.29) is 6.04 Å². The van der Waals surface area contributed by atoms with Crippen LogP contribution in [0.4, 0.5) is 0 Å². The van der Waals surface area contributed by atoms with E-state index in [1.807, 2.05) is 24.3 Å². The standard InChI is InChI=1S/C15H15BrClN/c1-10-7-12(5-6-14(10)16)15(18)9-11-3-2-4-13(17)8-11/h2-8,15H,9,18H2,1H3. The molecule has 2 aromatic rings. The third-order valence-corrected chi connectivity index (χ3v) is 4.08. The van der Waals surface area contributed by atoms with Crippen LogP contribution in [0.5, 0.6) is 0 Å². The molecule has 0 aliphatic rings. The van der Waals surface area contributed by atoms with E-state index < -0.39 is 0 Å². The van der Waals surface area contributed by atoms with Crippen molar-refractivity contribution in [3.8, 4) is 0 Å². The average Bonchev–Trinajstić information content (AvgIpc) is 2.32. The minimum Gasteiger partial charge on any atom is -0.324 e. The van der Waals surface area contributed by atoms with Gasteiger partial charge in [0.15, 0.2) is 0 Å². The van der Waals surface area contributed by atoms with E-state index in [0.29, 0.717) is 0 Å². The van der Waals surface area contributed by atoms with Crippen LogP contribution in [0.1, 0.15) is 22.7 Å². The molecule has 0 aromatic heterocycles. The van der Waals surface area contributed by atoms with Gasteiger partial charge in [-0.25, -0.2) is 0 Å². The van der Waals surface area contributed by atoms with Gasteiger partial charge in [0.1, 0.15) is 0 Å². The molecule has 2 aromatic carbocycles. The summed E-state index contributed by atoms with van der Waals surface area (Å²) in [6.45, 7) is 2.07. The largest absolute Gasteiger partial charge is 0.324 e. The first kappa shape index (κ1) is 13.6. The van der Waals surface area contributed by atoms with E-state index in [2.05, 4.69) is 41.1 Å². The maximum absolute atomic E-state index is 6.24. The Morgan fingerprint density at radius 1 is 1.22 bits per heavy atom. The third kappa shape index (κ3) is 3.35. The fourth-order valence-corrected chi connectivity index (χ4v) is 2.39. The van der Waals surface area contributed by atoms with Crippen LogP contribution >= 0.6 is 27.5 Å². The Kier molecular flexibility index (Phi) is 4.44. The monoisotopic (exact) mass is 323 g/mol. The minimum atomic E-state index is -0.00438. The molecular weight excluding hydrogens is 310 g/mol. The molecule has 2 rings (SSSR count). The van der Waals surface area contributed by atoms with Crippen molar-refractivity contribution < 1.29 is 0 Å². The van der Waals surface area contributed by atoms with Crippen LogP contribution in [0.3, 0.4) is 0 Å². The summed E-state index contributed by atoms with van der Waals surface area (Å²) in [6, 6.07) is 14.1. The number of halogens is 2. The lowest BCUT2D eigenvalue weighted by atomic mass is 9.98. The van der Waals surface area contributed by atoms with Crippen molar-refractivity contribution >= 4 is 27.5 Å². The van der Waals surface area contributed by atoms with Crippen molar-refractivity contribution in [2.24, 2.45) is 5.73 Å². The molecule has 18 heavy (non-hydrogen) atoms. The summed E-state index contributed by atoms with van der Waals surface area (Å²) in [5, 5.41) is 0.756. The van der Waals surface area contributed by atoms with E-state index >= 15 is 0 Å². The highest BCUT2D eigenvalue weighted by molar-refractivity contribution is 9.10. The second kappa shape index (κ2) is 5.87. The summed E-state index contributed by atoms with van der Waals surface area (Å²) >= 11 is 9.47. The lowest BCUT2D eigenvalue weighted by Gasteiger charge is -2.13. The number of hydrogen-bond donors (Lipinski definition) is 1. The predicted molar refractivity (Wildman–Crippen MR) is 81.0 cm³/mol. The van der Waals surface area contributed by atoms with Crippen molar-refractivity contribution in [2.45, 2.75) is 19.4 Å². The predicted octanol–water partition coefficient (Wildman–Crippen LogP) is 4.65. The zero-order chi connectivity index (χ0) is 13.1. The molecule has 0 fully saturated rings. The third-order valence-electron chi connectivity index (χ3n) is 2.95. The van der Waals surface area contributed by atoms with Crippen LogP contribution in [0, 0.1) is 6.92 Å². The average molecular weight is 325 g/mol. The van der Waals surface area contributed by atoms with Gasteiger partial charge in [0.05, 0.1) is 0 Å². The zero-order valence-electron chi connectivity index (χ0n) is 10.2. The van der Waals surface area contributed by atoms with Crippen LogP contribution < -0.4 is 5.73 Å². The van der Waals surface area contributed by atoms with E-state index in [0.717, 1.165) is 27.0 Å². The first-order valence-electron chi connectivity index (χ1n) is 5.82. The fraction of sp³-hybridized carbons (Fsp3) is 0.200. The Morgan fingerprint density at radius 3 is 2.67 bits per heavy atom. The summed E-state index contributed by atoms with van der Waals surface area (Å²) in [6.07, 6.45) is 0.793. The van der Waals surface area contributed by atoms with Crippen LogP contribution in [0.2, 0.25) is 5.02 Å².